The first kappa shape index (κ1) is 56.4. The Morgan fingerprint density at radius 2 is 1.55 bits per heavy atom. The average molecular weight is 1030 g/mol. The van der Waals surface area contributed by atoms with Crippen LogP contribution in [0.15, 0.2) is 114 Å². The Morgan fingerprint density at radius 3 is 2.25 bits per heavy atom. The molecule has 1 aliphatic heterocycles. The fourth-order valence-electron chi connectivity index (χ4n) is 11.5. The quantitative estimate of drug-likeness (QED) is 0.0195. The van der Waals surface area contributed by atoms with Crippen molar-refractivity contribution < 1.29 is 48.5 Å². The number of nitrogens with one attached hydrogen (secondary N) is 1. The van der Waals surface area contributed by atoms with Crippen LogP contribution in [0.5, 0.6) is 17.2 Å². The van der Waals surface area contributed by atoms with Crippen LogP contribution in [0.25, 0.3) is 10.8 Å². The molecule has 0 radical (unpaired) electrons. The van der Waals surface area contributed by atoms with E-state index in [1.54, 1.807) is 17.0 Å². The maximum absolute atomic E-state index is 15.3. The monoisotopic (exact) mass is 1030 g/mol. The fraction of sp³-hybridized carbons (Fsp3) is 0.517. The van der Waals surface area contributed by atoms with Gasteiger partial charge in [0.15, 0.2) is 0 Å². The van der Waals surface area contributed by atoms with Gasteiger partial charge in [-0.15, -0.1) is 6.58 Å². The van der Waals surface area contributed by atoms with Gasteiger partial charge in [-0.25, -0.2) is 9.59 Å². The van der Waals surface area contributed by atoms with Crippen molar-refractivity contribution in [1.82, 2.24) is 10.2 Å². The van der Waals surface area contributed by atoms with Crippen molar-refractivity contribution in [3.05, 3.63) is 130 Å². The number of rotatable bonds is 30. The zero-order chi connectivity index (χ0) is 53.0. The minimum Gasteiger partial charge on any atom is -0.459 e. The molecule has 0 bridgehead atoms. The van der Waals surface area contributed by atoms with Crippen LogP contribution in [-0.2, 0) is 16.1 Å². The molecule has 4 aromatic carbocycles. The molecule has 1 saturated carbocycles. The number of ether oxygens (including phenoxy) is 4. The number of benzene rings is 4. The van der Waals surface area contributed by atoms with E-state index in [1.807, 2.05) is 61.5 Å². The van der Waals surface area contributed by atoms with E-state index in [0.29, 0.717) is 43.0 Å². The number of fused-ring (bicyclic) bond motifs is 3. The van der Waals surface area contributed by atoms with Gasteiger partial charge < -0.3 is 39.3 Å². The second-order valence-electron chi connectivity index (χ2n) is 20.1. The summed E-state index contributed by atoms with van der Waals surface area (Å²) in [6.07, 6.45) is 18.8. The standard InChI is InChI=1S/C60H78N4O11/c1-4-7-8-9-10-11-12-13-14-19-35-61-58(67)73-48-33-34-54-52(40-48)56-50(28-18-21-37-66)44(24-17-20-36-65)39-51-53(62-72-6-3)41-55(60(75-54,57(51)56)71-38-5-2)63(42-45-26-22-25-43-23-15-16-27-49(43)45)59(68)74-47-31-29-46(30-32-47)64(69)70/h5,15-16,22-23,25-27,29-34,39-40,44,50,55-57,65-66H,2,4,6-14,17-21,24,28,35-38,41-42H2,1,3H3,(H,61,67)/t44-,50+,55-,56+,57+,60+/m0/s1. The van der Waals surface area contributed by atoms with Crippen LogP contribution in [0.2, 0.25) is 0 Å². The molecular weight excluding hydrogens is 953 g/mol. The maximum Gasteiger partial charge on any atom is 0.416 e. The molecular formula is C60H78N4O11. The first-order chi connectivity index (χ1) is 36.7. The van der Waals surface area contributed by atoms with Crippen LogP contribution in [-0.4, -0.2) is 82.7 Å². The minimum atomic E-state index is -1.62. The smallest absolute Gasteiger partial charge is 0.416 e. The number of amides is 2. The van der Waals surface area contributed by atoms with E-state index >= 15 is 4.79 Å². The fourth-order valence-corrected chi connectivity index (χ4v) is 11.5. The Morgan fingerprint density at radius 1 is 0.853 bits per heavy atom. The molecule has 1 heterocycles. The van der Waals surface area contributed by atoms with Gasteiger partial charge in [-0.05, 0) is 103 Å². The van der Waals surface area contributed by atoms with Gasteiger partial charge >= 0.3 is 12.2 Å². The largest absolute Gasteiger partial charge is 0.459 e. The molecule has 4 aromatic rings. The van der Waals surface area contributed by atoms with Gasteiger partial charge in [-0.2, -0.15) is 0 Å². The van der Waals surface area contributed by atoms with Gasteiger partial charge in [-0.1, -0.05) is 137 Å². The number of carbonyl (C=O) groups is 2. The van der Waals surface area contributed by atoms with E-state index < -0.39 is 34.9 Å². The van der Waals surface area contributed by atoms with Gasteiger partial charge in [0.25, 0.3) is 5.69 Å². The lowest BCUT2D eigenvalue weighted by atomic mass is 9.55. The van der Waals surface area contributed by atoms with Gasteiger partial charge in [0, 0.05) is 49.8 Å². The maximum atomic E-state index is 15.3. The highest BCUT2D eigenvalue weighted by molar-refractivity contribution is 6.03. The van der Waals surface area contributed by atoms with Gasteiger partial charge in [-0.3, -0.25) is 15.0 Å². The number of carbonyl (C=O) groups excluding carboxylic acids is 2. The van der Waals surface area contributed by atoms with E-state index in [2.05, 4.69) is 24.9 Å². The first-order valence-corrected chi connectivity index (χ1v) is 27.5. The number of nitrogens with zero attached hydrogens (tertiary/aromatic N) is 3. The molecule has 0 saturated heterocycles. The molecule has 6 atom stereocenters. The number of hydrogen-bond donors (Lipinski definition) is 3. The number of nitro benzene ring substituents is 1. The molecule has 75 heavy (non-hydrogen) atoms. The number of aliphatic hydroxyl groups excluding tert-OH is 2. The van der Waals surface area contributed by atoms with E-state index in [0.717, 1.165) is 66.0 Å². The summed E-state index contributed by atoms with van der Waals surface area (Å²) in [4.78, 5) is 47.5. The second-order valence-corrected chi connectivity index (χ2v) is 20.1. The van der Waals surface area contributed by atoms with E-state index in [9.17, 15) is 25.1 Å². The molecule has 0 aromatic heterocycles. The highest BCUT2D eigenvalue weighted by atomic mass is 16.7. The molecule has 15 nitrogen and oxygen atoms in total. The van der Waals surface area contributed by atoms with Crippen LogP contribution in [0.1, 0.15) is 140 Å². The van der Waals surface area contributed by atoms with Gasteiger partial charge in [0.1, 0.15) is 29.9 Å². The Kier molecular flexibility index (Phi) is 21.5. The molecule has 3 aliphatic rings. The van der Waals surface area contributed by atoms with Crippen molar-refractivity contribution >= 4 is 34.4 Å². The topological polar surface area (TPSA) is 192 Å². The summed E-state index contributed by atoms with van der Waals surface area (Å²) in [6, 6.07) is 23.7. The number of hydrogen-bond acceptors (Lipinski definition) is 12. The normalized spacial score (nSPS) is 21.0. The summed E-state index contributed by atoms with van der Waals surface area (Å²) in [6.45, 7) is 9.09. The lowest BCUT2D eigenvalue weighted by molar-refractivity contribution is -0.384. The third kappa shape index (κ3) is 14.4. The molecule has 7 rings (SSSR count). The molecule has 3 N–H and O–H groups in total. The van der Waals surface area contributed by atoms with E-state index in [-0.39, 0.29) is 68.6 Å². The van der Waals surface area contributed by atoms with Crippen LogP contribution < -0.4 is 19.5 Å². The SMILES string of the molecule is C=CCO[C@@]12Oc3ccc(OC(=O)NCCCCCCCCCCCC)cc3[C@H]3[C@H](CCCCO)[C@@H](CCCCO)C=C(C(=NOCC)C[C@@H]1N(Cc1cccc4ccccc14)C(=O)Oc1ccc([N+](=O)[O-])cc1)[C@H]32. The number of unbranched alkanes of at least 4 members (excludes halogenated alkanes) is 11. The van der Waals surface area contributed by atoms with Crippen LogP contribution in [0.4, 0.5) is 15.3 Å². The van der Waals surface area contributed by atoms with Crippen molar-refractivity contribution in [3.8, 4) is 17.2 Å². The van der Waals surface area contributed by atoms with E-state index in [1.165, 1.54) is 69.2 Å². The summed E-state index contributed by atoms with van der Waals surface area (Å²) in [7, 11) is 0. The zero-order valence-electron chi connectivity index (χ0n) is 44.0. The molecule has 0 spiro atoms. The van der Waals surface area contributed by atoms with Gasteiger partial charge in [0.2, 0.25) is 5.79 Å². The van der Waals surface area contributed by atoms with Crippen molar-refractivity contribution in [2.24, 2.45) is 22.9 Å². The van der Waals surface area contributed by atoms with E-state index in [4.69, 9.17) is 28.9 Å². The van der Waals surface area contributed by atoms with Crippen LogP contribution in [0, 0.1) is 27.9 Å². The molecule has 15 heteroatoms. The number of oxime groups is 1. The summed E-state index contributed by atoms with van der Waals surface area (Å²) in [5.41, 5.74) is 2.93. The Bertz CT molecular complexity index is 2560. The minimum absolute atomic E-state index is 0.0225. The summed E-state index contributed by atoms with van der Waals surface area (Å²) >= 11 is 0. The zero-order valence-corrected chi connectivity index (χ0v) is 44.0. The third-order valence-electron chi connectivity index (χ3n) is 15.0. The predicted octanol–water partition coefficient (Wildman–Crippen LogP) is 13.1. The molecule has 404 valence electrons. The summed E-state index contributed by atoms with van der Waals surface area (Å²) in [5, 5.41) is 41.4. The number of aliphatic hydroxyl groups is 2. The highest BCUT2D eigenvalue weighted by Crippen LogP contribution is 2.62. The highest BCUT2D eigenvalue weighted by Gasteiger charge is 2.66. The first-order valence-electron chi connectivity index (χ1n) is 27.5. The predicted molar refractivity (Wildman–Crippen MR) is 291 cm³/mol. The lowest BCUT2D eigenvalue weighted by Gasteiger charge is -2.59. The molecule has 2 amide bonds. The van der Waals surface area contributed by atoms with Crippen LogP contribution >= 0.6 is 0 Å². The molecule has 0 unspecified atom stereocenters. The summed E-state index contributed by atoms with van der Waals surface area (Å²) < 4.78 is 26.8. The Hall–Kier alpha value is -6.29. The van der Waals surface area contributed by atoms with Crippen molar-refractivity contribution in [2.75, 3.05) is 33.0 Å². The molecule has 2 aliphatic carbocycles. The Labute approximate surface area is 442 Å². The Balaban J connectivity index is 1.31. The second kappa shape index (κ2) is 28.6. The number of allylic oxidation sites excluding steroid dienone is 1. The average Bonchev–Trinajstić information content (AvgIpc) is 3.45. The molecule has 1 fully saturated rings. The van der Waals surface area contributed by atoms with Gasteiger partial charge in [0.05, 0.1) is 29.7 Å². The third-order valence-corrected chi connectivity index (χ3v) is 15.0. The number of nitro groups is 1. The van der Waals surface area contributed by atoms with Crippen molar-refractivity contribution in [2.45, 2.75) is 147 Å². The lowest BCUT2D eigenvalue weighted by Crippen LogP contribution is -2.70. The summed E-state index contributed by atoms with van der Waals surface area (Å²) in [5.74, 6) is -1.80. The van der Waals surface area contributed by atoms with Crippen molar-refractivity contribution in [3.63, 3.8) is 0 Å². The number of non-ortho nitro benzene ring substituents is 1. The van der Waals surface area contributed by atoms with Crippen molar-refractivity contribution in [1.29, 1.82) is 0 Å². The van der Waals surface area contributed by atoms with Crippen LogP contribution in [0.3, 0.4) is 0 Å².